The summed E-state index contributed by atoms with van der Waals surface area (Å²) in [5, 5.41) is 7.06. The van der Waals surface area contributed by atoms with Crippen LogP contribution in [0.3, 0.4) is 0 Å². The number of hydrogen-bond acceptors (Lipinski definition) is 6. The van der Waals surface area contributed by atoms with Crippen LogP contribution in [0.15, 0.2) is 10.4 Å². The number of piperidine rings is 1. The fraction of sp³-hybridized carbons (Fsp3) is 0.818. The molecule has 1 unspecified atom stereocenters. The number of hydrogen-bond donors (Lipinski definition) is 1. The molecule has 0 spiro atoms. The monoisotopic (exact) mass is 434 g/mol. The number of aromatic nitrogens is 1. The van der Waals surface area contributed by atoms with E-state index >= 15 is 0 Å². The molecule has 1 atom stereocenters. The van der Waals surface area contributed by atoms with Gasteiger partial charge in [-0.05, 0) is 51.1 Å². The van der Waals surface area contributed by atoms with E-state index in [0.717, 1.165) is 70.3 Å². The lowest BCUT2D eigenvalue weighted by molar-refractivity contribution is 0.0315. The predicted molar refractivity (Wildman–Crippen MR) is 123 cm³/mol. The van der Waals surface area contributed by atoms with E-state index < -0.39 is 0 Å². The highest BCUT2D eigenvalue weighted by atomic mass is 32.1. The predicted octanol–water partition coefficient (Wildman–Crippen LogP) is 1.89. The number of morpholine rings is 1. The van der Waals surface area contributed by atoms with E-state index in [2.05, 4.69) is 42.3 Å². The Morgan fingerprint density at radius 2 is 1.90 bits per heavy atom. The highest BCUT2D eigenvalue weighted by Crippen LogP contribution is 2.21. The Hall–Kier alpha value is -1.22. The van der Waals surface area contributed by atoms with Crippen molar-refractivity contribution in [1.29, 1.82) is 0 Å². The van der Waals surface area contributed by atoms with Crippen molar-refractivity contribution >= 4 is 17.3 Å². The summed E-state index contributed by atoms with van der Waals surface area (Å²) >= 11 is 1.76. The number of likely N-dealkylation sites (tertiary alicyclic amines) is 2. The quantitative estimate of drug-likeness (QED) is 0.545. The second kappa shape index (κ2) is 10.9. The molecule has 1 aromatic heterocycles. The molecule has 1 aromatic rings. The molecule has 168 valence electrons. The number of nitrogens with zero attached hydrogens (tertiary/aromatic N) is 5. The molecule has 4 heterocycles. The van der Waals surface area contributed by atoms with Crippen molar-refractivity contribution in [2.24, 2.45) is 16.8 Å². The van der Waals surface area contributed by atoms with Crippen LogP contribution in [0, 0.1) is 18.8 Å². The molecule has 0 bridgehead atoms. The van der Waals surface area contributed by atoms with Gasteiger partial charge in [0.05, 0.1) is 23.9 Å². The maximum Gasteiger partial charge on any atom is 0.193 e. The molecular weight excluding hydrogens is 396 g/mol. The fourth-order valence-corrected chi connectivity index (χ4v) is 5.55. The van der Waals surface area contributed by atoms with Crippen molar-refractivity contribution in [2.75, 3.05) is 72.6 Å². The maximum atomic E-state index is 5.48. The summed E-state index contributed by atoms with van der Waals surface area (Å²) in [6.45, 7) is 13.9. The van der Waals surface area contributed by atoms with Crippen LogP contribution in [0.25, 0.3) is 0 Å². The van der Waals surface area contributed by atoms with Crippen molar-refractivity contribution in [3.8, 4) is 0 Å². The average Bonchev–Trinajstić information content (AvgIpc) is 3.39. The summed E-state index contributed by atoms with van der Waals surface area (Å²) < 4.78 is 5.48. The molecule has 3 aliphatic rings. The Morgan fingerprint density at radius 1 is 1.13 bits per heavy atom. The Balaban J connectivity index is 1.15. The summed E-state index contributed by atoms with van der Waals surface area (Å²) in [7, 11) is 1.93. The van der Waals surface area contributed by atoms with Crippen LogP contribution >= 0.6 is 11.3 Å². The van der Waals surface area contributed by atoms with Gasteiger partial charge in [-0.25, -0.2) is 4.98 Å². The molecule has 8 heteroatoms. The van der Waals surface area contributed by atoms with Gasteiger partial charge in [-0.15, -0.1) is 11.3 Å². The fourth-order valence-electron chi connectivity index (χ4n) is 4.95. The molecule has 0 saturated carbocycles. The summed E-state index contributed by atoms with van der Waals surface area (Å²) in [5.74, 6) is 2.58. The minimum atomic E-state index is 0.738. The lowest BCUT2D eigenvalue weighted by Crippen LogP contribution is -2.45. The Labute approximate surface area is 185 Å². The lowest BCUT2D eigenvalue weighted by atomic mass is 9.97. The molecule has 30 heavy (non-hydrogen) atoms. The second-order valence-corrected chi connectivity index (χ2v) is 10.1. The number of ether oxygens (including phenoxy) is 1. The van der Waals surface area contributed by atoms with E-state index in [4.69, 9.17) is 4.74 Å². The molecule has 3 saturated heterocycles. The van der Waals surface area contributed by atoms with Gasteiger partial charge in [0.2, 0.25) is 0 Å². The standard InChI is InChI=1S/C22H38N6OS/c1-18-25-21(17-30-18)16-26-6-3-19(4-7-26)13-24-22(23-2)28-8-5-20(15-28)14-27-9-11-29-12-10-27/h17,19-20H,3-16H2,1-2H3,(H,23,24). The third kappa shape index (κ3) is 6.15. The molecule has 3 fully saturated rings. The van der Waals surface area contributed by atoms with E-state index in [1.807, 2.05) is 7.05 Å². The van der Waals surface area contributed by atoms with Crippen LogP contribution in [0.1, 0.15) is 30.0 Å². The Morgan fingerprint density at radius 3 is 2.60 bits per heavy atom. The van der Waals surface area contributed by atoms with Crippen molar-refractivity contribution in [3.63, 3.8) is 0 Å². The first-order chi connectivity index (χ1) is 14.7. The smallest absolute Gasteiger partial charge is 0.193 e. The summed E-state index contributed by atoms with van der Waals surface area (Å²) in [4.78, 5) is 16.8. The van der Waals surface area contributed by atoms with Gasteiger partial charge in [0, 0.05) is 58.2 Å². The zero-order valence-corrected chi connectivity index (χ0v) is 19.5. The van der Waals surface area contributed by atoms with Crippen LogP contribution < -0.4 is 5.32 Å². The van der Waals surface area contributed by atoms with Gasteiger partial charge in [0.1, 0.15) is 0 Å². The normalized spacial score (nSPS) is 25.2. The number of rotatable bonds is 6. The molecule has 3 aliphatic heterocycles. The molecule has 0 aromatic carbocycles. The molecule has 0 amide bonds. The zero-order valence-electron chi connectivity index (χ0n) is 18.7. The van der Waals surface area contributed by atoms with Crippen LogP contribution in [0.2, 0.25) is 0 Å². The third-order valence-electron chi connectivity index (χ3n) is 6.73. The zero-order chi connectivity index (χ0) is 20.8. The Kier molecular flexibility index (Phi) is 7.98. The number of aryl methyl sites for hydroxylation is 1. The van der Waals surface area contributed by atoms with Crippen LogP contribution in [-0.4, -0.2) is 98.3 Å². The van der Waals surface area contributed by atoms with E-state index in [9.17, 15) is 0 Å². The molecular formula is C22H38N6OS. The minimum absolute atomic E-state index is 0.738. The van der Waals surface area contributed by atoms with Gasteiger partial charge in [-0.2, -0.15) is 0 Å². The number of aliphatic imine (C=N–C) groups is 1. The third-order valence-corrected chi connectivity index (χ3v) is 7.55. The van der Waals surface area contributed by atoms with Crippen LogP contribution in [0.4, 0.5) is 0 Å². The van der Waals surface area contributed by atoms with Crippen molar-refractivity contribution in [1.82, 2.24) is 25.0 Å². The largest absolute Gasteiger partial charge is 0.379 e. The first kappa shape index (κ1) is 22.0. The van der Waals surface area contributed by atoms with Gasteiger partial charge in [-0.3, -0.25) is 14.8 Å². The van der Waals surface area contributed by atoms with Crippen molar-refractivity contribution in [2.45, 2.75) is 32.7 Å². The van der Waals surface area contributed by atoms with Crippen LogP contribution in [-0.2, 0) is 11.3 Å². The summed E-state index contributed by atoms with van der Waals surface area (Å²) in [6.07, 6.45) is 3.78. The summed E-state index contributed by atoms with van der Waals surface area (Å²) in [6, 6.07) is 0. The Bertz CT molecular complexity index is 681. The van der Waals surface area contributed by atoms with E-state index in [0.29, 0.717) is 0 Å². The minimum Gasteiger partial charge on any atom is -0.379 e. The van der Waals surface area contributed by atoms with Gasteiger partial charge < -0.3 is 15.0 Å². The molecule has 0 radical (unpaired) electrons. The average molecular weight is 435 g/mol. The SMILES string of the molecule is CN=C(NCC1CCN(Cc2csc(C)n2)CC1)N1CCC(CN2CCOCC2)C1. The molecule has 0 aliphatic carbocycles. The van der Waals surface area contributed by atoms with Gasteiger partial charge in [0.25, 0.3) is 0 Å². The second-order valence-electron chi connectivity index (χ2n) is 9.02. The van der Waals surface area contributed by atoms with E-state index in [1.54, 1.807) is 11.3 Å². The van der Waals surface area contributed by atoms with E-state index in [1.165, 1.54) is 49.6 Å². The highest BCUT2D eigenvalue weighted by molar-refractivity contribution is 7.09. The molecule has 1 N–H and O–H groups in total. The highest BCUT2D eigenvalue weighted by Gasteiger charge is 2.28. The first-order valence-electron chi connectivity index (χ1n) is 11.6. The van der Waals surface area contributed by atoms with Gasteiger partial charge in [-0.1, -0.05) is 0 Å². The molecule has 4 rings (SSSR count). The van der Waals surface area contributed by atoms with E-state index in [-0.39, 0.29) is 0 Å². The first-order valence-corrected chi connectivity index (χ1v) is 12.5. The van der Waals surface area contributed by atoms with Gasteiger partial charge in [0.15, 0.2) is 5.96 Å². The lowest BCUT2D eigenvalue weighted by Gasteiger charge is -2.32. The molecule has 7 nitrogen and oxygen atoms in total. The number of thiazole rings is 1. The number of guanidine groups is 1. The van der Waals surface area contributed by atoms with Crippen molar-refractivity contribution < 1.29 is 4.74 Å². The van der Waals surface area contributed by atoms with Crippen molar-refractivity contribution in [3.05, 3.63) is 16.1 Å². The van der Waals surface area contributed by atoms with Crippen LogP contribution in [0.5, 0.6) is 0 Å². The maximum absolute atomic E-state index is 5.48. The van der Waals surface area contributed by atoms with Gasteiger partial charge >= 0.3 is 0 Å². The number of nitrogens with one attached hydrogen (secondary N) is 1. The summed E-state index contributed by atoms with van der Waals surface area (Å²) in [5.41, 5.74) is 1.23. The topological polar surface area (TPSA) is 56.2 Å².